The van der Waals surface area contributed by atoms with Crippen LogP contribution in [0.5, 0.6) is 0 Å². The van der Waals surface area contributed by atoms with E-state index in [-0.39, 0.29) is 24.9 Å². The minimum atomic E-state index is -0.503. The fourth-order valence-corrected chi connectivity index (χ4v) is 2.44. The number of carbonyl (C=O) groups excluding carboxylic acids is 2. The molecule has 0 bridgehead atoms. The number of aliphatic imine (C=N–C) groups is 1. The summed E-state index contributed by atoms with van der Waals surface area (Å²) >= 11 is 0. The molecule has 0 fully saturated rings. The fraction of sp³-hybridized carbons (Fsp3) is 0.353. The predicted molar refractivity (Wildman–Crippen MR) is 84.7 cm³/mol. The van der Waals surface area contributed by atoms with Crippen LogP contribution >= 0.6 is 0 Å². The Labute approximate surface area is 130 Å². The van der Waals surface area contributed by atoms with Crippen molar-refractivity contribution in [2.45, 2.75) is 39.3 Å². The largest absolute Gasteiger partial charge is 0.445 e. The van der Waals surface area contributed by atoms with E-state index in [2.05, 4.69) is 10.3 Å². The average Bonchev–Trinajstić information content (AvgIpc) is 2.50. The molecule has 1 atom stereocenters. The summed E-state index contributed by atoms with van der Waals surface area (Å²) in [4.78, 5) is 27.9. The van der Waals surface area contributed by atoms with E-state index in [9.17, 15) is 9.59 Å². The molecule has 2 rings (SSSR count). The van der Waals surface area contributed by atoms with Crippen LogP contribution in [0.2, 0.25) is 0 Å². The lowest BCUT2D eigenvalue weighted by atomic mass is 9.92. The standard InChI is InChI=1S/C17H20N2O3/c1-3-18-16-12(2)9-14(10-15(16)20)19-17(21)22-11-13-7-5-4-6-8-13/h3-8,14H,9-11H2,1-2H3,(H,19,21). The summed E-state index contributed by atoms with van der Waals surface area (Å²) in [5, 5.41) is 2.74. The number of Topliss-reactive ketones (excluding diaryl/α,β-unsaturated/α-hetero) is 1. The molecule has 0 saturated carbocycles. The SMILES string of the molecule is CC=NC1=C(C)CC(NC(=O)OCc2ccccc2)CC1=O. The second-order valence-electron chi connectivity index (χ2n) is 5.25. The van der Waals surface area contributed by atoms with Crippen LogP contribution in [0.3, 0.4) is 0 Å². The Morgan fingerprint density at radius 1 is 1.36 bits per heavy atom. The first-order valence-electron chi connectivity index (χ1n) is 7.29. The van der Waals surface area contributed by atoms with E-state index in [0.717, 1.165) is 11.1 Å². The zero-order valence-electron chi connectivity index (χ0n) is 12.8. The molecule has 1 N–H and O–H groups in total. The summed E-state index contributed by atoms with van der Waals surface area (Å²) in [5.41, 5.74) is 2.33. The van der Waals surface area contributed by atoms with Crippen molar-refractivity contribution in [3.8, 4) is 0 Å². The number of benzene rings is 1. The van der Waals surface area contributed by atoms with Gasteiger partial charge in [0.1, 0.15) is 12.3 Å². The molecule has 1 aromatic carbocycles. The molecule has 0 radical (unpaired) electrons. The van der Waals surface area contributed by atoms with Gasteiger partial charge in [-0.25, -0.2) is 4.79 Å². The smallest absolute Gasteiger partial charge is 0.407 e. The minimum Gasteiger partial charge on any atom is -0.445 e. The average molecular weight is 300 g/mol. The van der Waals surface area contributed by atoms with E-state index in [1.165, 1.54) is 0 Å². The van der Waals surface area contributed by atoms with Crippen LogP contribution in [0.4, 0.5) is 4.79 Å². The summed E-state index contributed by atoms with van der Waals surface area (Å²) in [5.74, 6) is -0.0461. The highest BCUT2D eigenvalue weighted by atomic mass is 16.5. The highest BCUT2D eigenvalue weighted by molar-refractivity contribution is 5.98. The zero-order chi connectivity index (χ0) is 15.9. The van der Waals surface area contributed by atoms with Gasteiger partial charge in [-0.2, -0.15) is 0 Å². The normalized spacial score (nSPS) is 18.6. The number of allylic oxidation sites excluding steroid dienone is 1. The number of hydrogen-bond donors (Lipinski definition) is 1. The van der Waals surface area contributed by atoms with E-state index >= 15 is 0 Å². The van der Waals surface area contributed by atoms with Gasteiger partial charge in [0.05, 0.1) is 0 Å². The quantitative estimate of drug-likeness (QED) is 0.869. The van der Waals surface area contributed by atoms with Crippen molar-refractivity contribution < 1.29 is 14.3 Å². The van der Waals surface area contributed by atoms with Gasteiger partial charge in [0.2, 0.25) is 0 Å². The number of carbonyl (C=O) groups is 2. The third-order valence-electron chi connectivity index (χ3n) is 3.45. The van der Waals surface area contributed by atoms with E-state index in [4.69, 9.17) is 4.74 Å². The Balaban J connectivity index is 1.87. The summed E-state index contributed by atoms with van der Waals surface area (Å²) in [7, 11) is 0. The van der Waals surface area contributed by atoms with Gasteiger partial charge in [0, 0.05) is 18.7 Å². The molecule has 1 aliphatic carbocycles. The van der Waals surface area contributed by atoms with Gasteiger partial charge in [0.25, 0.3) is 0 Å². The molecule has 1 aliphatic rings. The van der Waals surface area contributed by atoms with Crippen LogP contribution in [-0.2, 0) is 16.1 Å². The molecule has 0 spiro atoms. The number of ether oxygens (including phenoxy) is 1. The van der Waals surface area contributed by atoms with Gasteiger partial charge in [-0.05, 0) is 31.4 Å². The number of nitrogens with zero attached hydrogens (tertiary/aromatic N) is 1. The van der Waals surface area contributed by atoms with E-state index < -0.39 is 6.09 Å². The van der Waals surface area contributed by atoms with Crippen LogP contribution in [0.25, 0.3) is 0 Å². The number of ketones is 1. The fourth-order valence-electron chi connectivity index (χ4n) is 2.44. The maximum absolute atomic E-state index is 12.0. The number of amides is 1. The molecule has 1 aromatic rings. The molecule has 5 nitrogen and oxygen atoms in total. The van der Waals surface area contributed by atoms with Crippen molar-refractivity contribution in [2.75, 3.05) is 0 Å². The second kappa shape index (κ2) is 7.54. The maximum atomic E-state index is 12.0. The third kappa shape index (κ3) is 4.28. The van der Waals surface area contributed by atoms with Crippen molar-refractivity contribution in [3.05, 3.63) is 47.2 Å². The van der Waals surface area contributed by atoms with E-state index in [0.29, 0.717) is 12.1 Å². The summed E-state index contributed by atoms with van der Waals surface area (Å²) in [6.07, 6.45) is 1.97. The van der Waals surface area contributed by atoms with Gasteiger partial charge >= 0.3 is 6.09 Å². The zero-order valence-corrected chi connectivity index (χ0v) is 12.8. The molecule has 0 aromatic heterocycles. The van der Waals surface area contributed by atoms with Gasteiger partial charge in [-0.3, -0.25) is 9.79 Å². The molecule has 1 amide bonds. The lowest BCUT2D eigenvalue weighted by Gasteiger charge is -2.23. The first kappa shape index (κ1) is 15.9. The summed E-state index contributed by atoms with van der Waals surface area (Å²) in [6.45, 7) is 3.86. The third-order valence-corrected chi connectivity index (χ3v) is 3.45. The molecule has 5 heteroatoms. The number of hydrogen-bond acceptors (Lipinski definition) is 4. The van der Waals surface area contributed by atoms with Crippen molar-refractivity contribution in [3.63, 3.8) is 0 Å². The highest BCUT2D eigenvalue weighted by Crippen LogP contribution is 2.23. The highest BCUT2D eigenvalue weighted by Gasteiger charge is 2.26. The van der Waals surface area contributed by atoms with Gasteiger partial charge in [0.15, 0.2) is 5.78 Å². The van der Waals surface area contributed by atoms with Crippen molar-refractivity contribution >= 4 is 18.1 Å². The molecule has 116 valence electrons. The van der Waals surface area contributed by atoms with Gasteiger partial charge < -0.3 is 10.1 Å². The minimum absolute atomic E-state index is 0.0461. The van der Waals surface area contributed by atoms with Gasteiger partial charge in [-0.1, -0.05) is 30.3 Å². The number of rotatable bonds is 4. The molecule has 0 saturated heterocycles. The van der Waals surface area contributed by atoms with E-state index in [1.54, 1.807) is 13.1 Å². The molecule has 22 heavy (non-hydrogen) atoms. The molecule has 1 unspecified atom stereocenters. The molecular formula is C17H20N2O3. The Bertz CT molecular complexity index is 606. The number of nitrogens with one attached hydrogen (secondary N) is 1. The van der Waals surface area contributed by atoms with Gasteiger partial charge in [-0.15, -0.1) is 0 Å². The van der Waals surface area contributed by atoms with Crippen LogP contribution in [0.1, 0.15) is 32.3 Å². The Kier molecular flexibility index (Phi) is 5.47. The molecule has 0 heterocycles. The number of alkyl carbamates (subject to hydrolysis) is 1. The molecule has 0 aliphatic heterocycles. The van der Waals surface area contributed by atoms with Crippen LogP contribution in [0, 0.1) is 0 Å². The Morgan fingerprint density at radius 2 is 2.09 bits per heavy atom. The Morgan fingerprint density at radius 3 is 2.73 bits per heavy atom. The maximum Gasteiger partial charge on any atom is 0.407 e. The predicted octanol–water partition coefficient (Wildman–Crippen LogP) is 3.01. The molecular weight excluding hydrogens is 280 g/mol. The van der Waals surface area contributed by atoms with Crippen molar-refractivity contribution in [1.29, 1.82) is 0 Å². The lowest BCUT2D eigenvalue weighted by Crippen LogP contribution is -2.39. The topological polar surface area (TPSA) is 67.8 Å². The van der Waals surface area contributed by atoms with Crippen LogP contribution in [-0.4, -0.2) is 24.1 Å². The van der Waals surface area contributed by atoms with Crippen molar-refractivity contribution in [2.24, 2.45) is 4.99 Å². The lowest BCUT2D eigenvalue weighted by molar-refractivity contribution is -0.116. The Hall–Kier alpha value is -2.43. The van der Waals surface area contributed by atoms with Crippen molar-refractivity contribution in [1.82, 2.24) is 5.32 Å². The van der Waals surface area contributed by atoms with Crippen LogP contribution < -0.4 is 5.32 Å². The monoisotopic (exact) mass is 300 g/mol. The first-order valence-corrected chi connectivity index (χ1v) is 7.29. The van der Waals surface area contributed by atoms with Crippen LogP contribution in [0.15, 0.2) is 46.6 Å². The summed E-state index contributed by atoms with van der Waals surface area (Å²) < 4.78 is 5.17. The second-order valence-corrected chi connectivity index (χ2v) is 5.25. The van der Waals surface area contributed by atoms with E-state index in [1.807, 2.05) is 37.3 Å². The summed E-state index contributed by atoms with van der Waals surface area (Å²) in [6, 6.07) is 9.23. The first-order chi connectivity index (χ1) is 10.6.